The van der Waals surface area contributed by atoms with Crippen molar-refractivity contribution in [1.82, 2.24) is 0 Å². The molecule has 6 heteroatoms. The molecule has 1 heterocycles. The highest BCUT2D eigenvalue weighted by Gasteiger charge is 2.23. The summed E-state index contributed by atoms with van der Waals surface area (Å²) in [7, 11) is 0. The van der Waals surface area contributed by atoms with Crippen molar-refractivity contribution in [3.63, 3.8) is 0 Å². The van der Waals surface area contributed by atoms with Crippen molar-refractivity contribution in [2.24, 2.45) is 0 Å². The number of aryl methyl sites for hydroxylation is 1. The van der Waals surface area contributed by atoms with E-state index in [9.17, 15) is 9.90 Å². The number of hydrogen-bond donors (Lipinski definition) is 3. The first-order valence-electron chi connectivity index (χ1n) is 10.1. The number of furan rings is 1. The molecule has 0 unspecified atom stereocenters. The lowest BCUT2D eigenvalue weighted by Gasteiger charge is -2.08. The predicted molar refractivity (Wildman–Crippen MR) is 122 cm³/mol. The third-order valence-electron chi connectivity index (χ3n) is 5.22. The summed E-state index contributed by atoms with van der Waals surface area (Å²) < 4.78 is 11.9. The molecule has 0 fully saturated rings. The number of ketones is 1. The van der Waals surface area contributed by atoms with Gasteiger partial charge in [-0.3, -0.25) is 4.79 Å². The summed E-state index contributed by atoms with van der Waals surface area (Å²) in [5.41, 5.74) is 14.2. The Labute approximate surface area is 180 Å². The number of aromatic hydroxyl groups is 1. The number of benzene rings is 3. The average Bonchev–Trinajstić information content (AvgIpc) is 3.15. The summed E-state index contributed by atoms with van der Waals surface area (Å²) in [6, 6.07) is 18.4. The van der Waals surface area contributed by atoms with Crippen molar-refractivity contribution in [2.45, 2.75) is 19.8 Å². The summed E-state index contributed by atoms with van der Waals surface area (Å²) in [6.07, 6.45) is 1.34. The number of anilines is 2. The maximum absolute atomic E-state index is 13.2. The molecule has 3 aromatic carbocycles. The third kappa shape index (κ3) is 4.05. The molecule has 0 atom stereocenters. The van der Waals surface area contributed by atoms with E-state index in [-0.39, 0.29) is 22.9 Å². The molecule has 4 rings (SSSR count). The van der Waals surface area contributed by atoms with Gasteiger partial charge in [0.2, 0.25) is 0 Å². The van der Waals surface area contributed by atoms with Crippen LogP contribution in [0.25, 0.3) is 11.0 Å². The molecule has 0 spiro atoms. The van der Waals surface area contributed by atoms with Gasteiger partial charge in [0.05, 0.1) is 23.5 Å². The Morgan fingerprint density at radius 3 is 2.42 bits per heavy atom. The molecule has 0 aliphatic rings. The van der Waals surface area contributed by atoms with Gasteiger partial charge in [0, 0.05) is 29.9 Å². The Kier molecular flexibility index (Phi) is 5.54. The van der Waals surface area contributed by atoms with Crippen molar-refractivity contribution < 1.29 is 19.1 Å². The van der Waals surface area contributed by atoms with Gasteiger partial charge in [-0.1, -0.05) is 37.3 Å². The molecule has 0 radical (unpaired) electrons. The first kappa shape index (κ1) is 20.3. The van der Waals surface area contributed by atoms with E-state index in [1.54, 1.807) is 6.07 Å². The number of phenols is 1. The molecule has 0 aliphatic carbocycles. The molecule has 31 heavy (non-hydrogen) atoms. The number of nitrogen functional groups attached to an aromatic ring is 2. The molecule has 0 saturated heterocycles. The summed E-state index contributed by atoms with van der Waals surface area (Å²) >= 11 is 0. The van der Waals surface area contributed by atoms with Crippen molar-refractivity contribution in [3.05, 3.63) is 83.1 Å². The molecule has 5 N–H and O–H groups in total. The molecule has 0 amide bonds. The van der Waals surface area contributed by atoms with Gasteiger partial charge in [0.15, 0.2) is 11.5 Å². The molecule has 158 valence electrons. The lowest BCUT2D eigenvalue weighted by Crippen LogP contribution is -2.06. The zero-order chi connectivity index (χ0) is 22.0. The van der Waals surface area contributed by atoms with Crippen molar-refractivity contribution in [1.29, 1.82) is 0 Å². The molecule has 0 bridgehead atoms. The standard InChI is InChI=1S/C25H24N2O4/c1-2-21-23(24(28)16-12-19(26)25(29)20(27)13-16)18-9-8-17(14-22(18)31-21)30-11-10-15-6-4-3-5-7-15/h3-9,12-14,29H,2,10-11,26-27H2,1H3. The highest BCUT2D eigenvalue weighted by molar-refractivity contribution is 6.17. The fourth-order valence-corrected chi connectivity index (χ4v) is 3.60. The Balaban J connectivity index is 1.61. The first-order chi connectivity index (χ1) is 15.0. The normalized spacial score (nSPS) is 11.0. The quantitative estimate of drug-likeness (QED) is 0.228. The average molecular weight is 416 g/mol. The largest absolute Gasteiger partial charge is 0.504 e. The van der Waals surface area contributed by atoms with E-state index < -0.39 is 0 Å². The minimum absolute atomic E-state index is 0.0586. The van der Waals surface area contributed by atoms with E-state index in [2.05, 4.69) is 12.1 Å². The van der Waals surface area contributed by atoms with Crippen LogP contribution in [0.15, 0.2) is 65.1 Å². The highest BCUT2D eigenvalue weighted by atomic mass is 16.5. The van der Waals surface area contributed by atoms with E-state index in [0.717, 1.165) is 6.42 Å². The van der Waals surface area contributed by atoms with E-state index in [4.69, 9.17) is 20.6 Å². The Bertz CT molecular complexity index is 1220. The Morgan fingerprint density at radius 2 is 1.74 bits per heavy atom. The second kappa shape index (κ2) is 8.44. The third-order valence-corrected chi connectivity index (χ3v) is 5.22. The monoisotopic (exact) mass is 416 g/mol. The Morgan fingerprint density at radius 1 is 1.03 bits per heavy atom. The highest BCUT2D eigenvalue weighted by Crippen LogP contribution is 2.34. The fraction of sp³-hybridized carbons (Fsp3) is 0.160. The first-order valence-corrected chi connectivity index (χ1v) is 10.1. The van der Waals surface area contributed by atoms with Crippen LogP contribution in [0.2, 0.25) is 0 Å². The van der Waals surface area contributed by atoms with E-state index >= 15 is 0 Å². The molecule has 0 aliphatic heterocycles. The van der Waals surface area contributed by atoms with Crippen molar-refractivity contribution in [2.75, 3.05) is 18.1 Å². The van der Waals surface area contributed by atoms with Crippen molar-refractivity contribution in [3.8, 4) is 11.5 Å². The SMILES string of the molecule is CCc1oc2cc(OCCc3ccccc3)ccc2c1C(=O)c1cc(N)c(O)c(N)c1. The van der Waals surface area contributed by atoms with Gasteiger partial charge in [-0.25, -0.2) is 0 Å². The minimum Gasteiger partial charge on any atom is -0.504 e. The number of ether oxygens (including phenoxy) is 1. The number of fused-ring (bicyclic) bond motifs is 1. The minimum atomic E-state index is -0.258. The molecular weight excluding hydrogens is 392 g/mol. The van der Waals surface area contributed by atoms with Gasteiger partial charge in [-0.05, 0) is 29.8 Å². The number of rotatable bonds is 7. The number of carbonyl (C=O) groups excluding carboxylic acids is 1. The summed E-state index contributed by atoms with van der Waals surface area (Å²) in [6.45, 7) is 2.46. The molecule has 6 nitrogen and oxygen atoms in total. The van der Waals surface area contributed by atoms with Gasteiger partial charge >= 0.3 is 0 Å². The van der Waals surface area contributed by atoms with Crippen LogP contribution in [0.4, 0.5) is 11.4 Å². The van der Waals surface area contributed by atoms with Crippen LogP contribution < -0.4 is 16.2 Å². The van der Waals surface area contributed by atoms with Crippen molar-refractivity contribution >= 4 is 28.1 Å². The fourth-order valence-electron chi connectivity index (χ4n) is 3.60. The van der Waals surface area contributed by atoms with Crippen LogP contribution in [-0.2, 0) is 12.8 Å². The summed E-state index contributed by atoms with van der Waals surface area (Å²) in [5.74, 6) is 0.775. The van der Waals surface area contributed by atoms with E-state index in [1.165, 1.54) is 17.7 Å². The zero-order valence-corrected chi connectivity index (χ0v) is 17.2. The van der Waals surface area contributed by atoms with Crippen LogP contribution in [0, 0.1) is 0 Å². The van der Waals surface area contributed by atoms with Gasteiger partial charge in [0.25, 0.3) is 0 Å². The van der Waals surface area contributed by atoms with Gasteiger partial charge in [-0.2, -0.15) is 0 Å². The van der Waals surface area contributed by atoms with Crippen LogP contribution in [0.3, 0.4) is 0 Å². The van der Waals surface area contributed by atoms with Crippen LogP contribution >= 0.6 is 0 Å². The molecular formula is C25H24N2O4. The smallest absolute Gasteiger partial charge is 0.197 e. The second-order valence-corrected chi connectivity index (χ2v) is 7.33. The van der Waals surface area contributed by atoms with Gasteiger partial charge in [-0.15, -0.1) is 0 Å². The number of carbonyl (C=O) groups is 1. The lowest BCUT2D eigenvalue weighted by atomic mass is 9.98. The van der Waals surface area contributed by atoms with Gasteiger partial charge in [0.1, 0.15) is 17.1 Å². The van der Waals surface area contributed by atoms with Gasteiger partial charge < -0.3 is 25.7 Å². The summed E-state index contributed by atoms with van der Waals surface area (Å²) in [5, 5.41) is 10.5. The maximum Gasteiger partial charge on any atom is 0.197 e. The molecule has 0 saturated carbocycles. The number of phenolic OH excluding ortho intramolecular Hbond substituents is 1. The maximum atomic E-state index is 13.2. The predicted octanol–water partition coefficient (Wildman–Crippen LogP) is 4.72. The van der Waals surface area contributed by atoms with Crippen LogP contribution in [0.5, 0.6) is 11.5 Å². The zero-order valence-electron chi connectivity index (χ0n) is 17.2. The number of hydrogen-bond acceptors (Lipinski definition) is 6. The molecule has 1 aromatic heterocycles. The van der Waals surface area contributed by atoms with Crippen LogP contribution in [0.1, 0.15) is 34.2 Å². The van der Waals surface area contributed by atoms with Crippen LogP contribution in [-0.4, -0.2) is 17.5 Å². The lowest BCUT2D eigenvalue weighted by molar-refractivity contribution is 0.103. The van der Waals surface area contributed by atoms with E-state index in [0.29, 0.717) is 46.6 Å². The number of nitrogens with two attached hydrogens (primary N) is 2. The van der Waals surface area contributed by atoms with E-state index in [1.807, 2.05) is 37.3 Å². The topological polar surface area (TPSA) is 112 Å². The Hall–Kier alpha value is -3.93. The second-order valence-electron chi connectivity index (χ2n) is 7.33. The summed E-state index contributed by atoms with van der Waals surface area (Å²) in [4.78, 5) is 13.2. The molecule has 4 aromatic rings.